The monoisotopic (exact) mass is 330 g/mol. The molecule has 1 aromatic heterocycles. The Balaban J connectivity index is 2.43. The first kappa shape index (κ1) is 16.9. The van der Waals surface area contributed by atoms with E-state index in [1.165, 1.54) is 0 Å². The van der Waals surface area contributed by atoms with Crippen molar-refractivity contribution in [1.82, 2.24) is 9.78 Å². The number of carbonyl (C=O) groups is 1. The van der Waals surface area contributed by atoms with Gasteiger partial charge in [-0.3, -0.25) is 5.32 Å². The van der Waals surface area contributed by atoms with Gasteiger partial charge in [0.1, 0.15) is 11.0 Å². The number of thioether (sulfide) groups is 1. The van der Waals surface area contributed by atoms with E-state index in [1.807, 2.05) is 35.7 Å². The number of benzene rings is 1. The van der Waals surface area contributed by atoms with Gasteiger partial charge in [-0.05, 0) is 51.6 Å². The topological polar surface area (TPSA) is 79.9 Å². The third-order valence-corrected chi connectivity index (χ3v) is 3.56. The summed E-state index contributed by atoms with van der Waals surface area (Å²) in [6, 6.07) is 9.38. The molecule has 2 rings (SSSR count). The maximum absolute atomic E-state index is 12.1. The van der Waals surface area contributed by atoms with Crippen LogP contribution in [-0.2, 0) is 4.74 Å². The number of para-hydroxylation sites is 1. The Hall–Kier alpha value is -2.46. The van der Waals surface area contributed by atoms with Crippen LogP contribution in [0.5, 0.6) is 0 Å². The number of ether oxygens (including phenoxy) is 1. The van der Waals surface area contributed by atoms with E-state index in [-0.39, 0.29) is 0 Å². The number of hydrogen-bond acceptors (Lipinski definition) is 5. The Morgan fingerprint density at radius 1 is 1.35 bits per heavy atom. The molecule has 0 saturated carbocycles. The minimum atomic E-state index is -0.612. The summed E-state index contributed by atoms with van der Waals surface area (Å²) < 4.78 is 6.89. The van der Waals surface area contributed by atoms with Gasteiger partial charge in [-0.2, -0.15) is 10.4 Å². The standard InChI is InChI=1S/C16H18N4O2S/c1-11-13(23-10-17)14(18-15(21)22-16(2,3)4)20(19-11)12-8-6-5-7-9-12/h5-9H,1-4H3,(H,18,21). The van der Waals surface area contributed by atoms with Gasteiger partial charge in [-0.25, -0.2) is 9.48 Å². The van der Waals surface area contributed by atoms with Gasteiger partial charge in [0.2, 0.25) is 0 Å². The molecule has 0 aliphatic rings. The molecule has 0 saturated heterocycles. The lowest BCUT2D eigenvalue weighted by atomic mass is 10.2. The molecule has 6 nitrogen and oxygen atoms in total. The molecule has 1 heterocycles. The summed E-state index contributed by atoms with van der Waals surface area (Å²) in [5.74, 6) is 0.425. The highest BCUT2D eigenvalue weighted by molar-refractivity contribution is 8.03. The van der Waals surface area contributed by atoms with Crippen LogP contribution in [0.15, 0.2) is 35.2 Å². The molecule has 7 heteroatoms. The summed E-state index contributed by atoms with van der Waals surface area (Å²) in [5.41, 5.74) is 0.831. The van der Waals surface area contributed by atoms with Crippen molar-refractivity contribution in [2.75, 3.05) is 5.32 Å². The van der Waals surface area contributed by atoms with Gasteiger partial charge >= 0.3 is 6.09 Å². The number of nitrogens with one attached hydrogen (secondary N) is 1. The molecule has 0 aliphatic heterocycles. The van der Waals surface area contributed by atoms with E-state index < -0.39 is 11.7 Å². The zero-order valence-corrected chi connectivity index (χ0v) is 14.3. The summed E-state index contributed by atoms with van der Waals surface area (Å²) in [6.45, 7) is 7.16. The second-order valence-corrected chi connectivity index (χ2v) is 6.63. The minimum absolute atomic E-state index is 0.425. The van der Waals surface area contributed by atoms with Crippen LogP contribution in [-0.4, -0.2) is 21.5 Å². The Morgan fingerprint density at radius 3 is 2.57 bits per heavy atom. The van der Waals surface area contributed by atoms with E-state index in [0.717, 1.165) is 17.4 Å². The first-order chi connectivity index (χ1) is 10.8. The predicted molar refractivity (Wildman–Crippen MR) is 89.6 cm³/mol. The lowest BCUT2D eigenvalue weighted by Gasteiger charge is -2.20. The summed E-state index contributed by atoms with van der Waals surface area (Å²) in [4.78, 5) is 12.7. The van der Waals surface area contributed by atoms with Crippen LogP contribution in [0, 0.1) is 17.6 Å². The van der Waals surface area contributed by atoms with Crippen LogP contribution >= 0.6 is 11.8 Å². The zero-order valence-electron chi connectivity index (χ0n) is 13.5. The Morgan fingerprint density at radius 2 is 2.00 bits per heavy atom. The summed E-state index contributed by atoms with van der Waals surface area (Å²) in [6.07, 6.45) is -0.589. The highest BCUT2D eigenvalue weighted by Gasteiger charge is 2.22. The number of aromatic nitrogens is 2. The van der Waals surface area contributed by atoms with E-state index in [1.54, 1.807) is 32.4 Å². The highest BCUT2D eigenvalue weighted by atomic mass is 32.2. The van der Waals surface area contributed by atoms with Crippen molar-refractivity contribution in [1.29, 1.82) is 5.26 Å². The summed E-state index contributed by atoms with van der Waals surface area (Å²) in [7, 11) is 0. The SMILES string of the molecule is Cc1nn(-c2ccccc2)c(NC(=O)OC(C)(C)C)c1SC#N. The third-order valence-electron chi connectivity index (χ3n) is 2.77. The van der Waals surface area contributed by atoms with Crippen molar-refractivity contribution in [2.24, 2.45) is 0 Å². The Kier molecular flexibility index (Phi) is 4.96. The van der Waals surface area contributed by atoms with E-state index in [0.29, 0.717) is 16.4 Å². The summed E-state index contributed by atoms with van der Waals surface area (Å²) >= 11 is 0.956. The molecule has 1 aromatic carbocycles. The number of anilines is 1. The van der Waals surface area contributed by atoms with Crippen molar-refractivity contribution >= 4 is 23.7 Å². The van der Waals surface area contributed by atoms with Crippen molar-refractivity contribution < 1.29 is 9.53 Å². The normalized spacial score (nSPS) is 10.9. The first-order valence-corrected chi connectivity index (χ1v) is 7.84. The quantitative estimate of drug-likeness (QED) is 0.677. The molecular formula is C16H18N4O2S. The van der Waals surface area contributed by atoms with Crippen LogP contribution in [0.4, 0.5) is 10.6 Å². The molecule has 0 aliphatic carbocycles. The lowest BCUT2D eigenvalue weighted by Crippen LogP contribution is -2.28. The molecule has 0 unspecified atom stereocenters. The minimum Gasteiger partial charge on any atom is -0.444 e. The van der Waals surface area contributed by atoms with Crippen LogP contribution in [0.25, 0.3) is 5.69 Å². The van der Waals surface area contributed by atoms with Crippen molar-refractivity contribution in [3.63, 3.8) is 0 Å². The zero-order chi connectivity index (χ0) is 17.0. The van der Waals surface area contributed by atoms with Gasteiger partial charge in [0.25, 0.3) is 0 Å². The molecule has 0 spiro atoms. The fraction of sp³-hybridized carbons (Fsp3) is 0.312. The number of amides is 1. The van der Waals surface area contributed by atoms with E-state index in [9.17, 15) is 4.79 Å². The molecule has 0 bridgehead atoms. The number of nitriles is 1. The predicted octanol–water partition coefficient (Wildman–Crippen LogP) is 4.10. The van der Waals surface area contributed by atoms with Crippen molar-refractivity contribution in [2.45, 2.75) is 38.2 Å². The van der Waals surface area contributed by atoms with Gasteiger partial charge < -0.3 is 4.74 Å². The first-order valence-electron chi connectivity index (χ1n) is 7.03. The van der Waals surface area contributed by atoms with Gasteiger partial charge in [-0.15, -0.1) is 0 Å². The molecular weight excluding hydrogens is 312 g/mol. The average molecular weight is 330 g/mol. The van der Waals surface area contributed by atoms with E-state index in [4.69, 9.17) is 10.00 Å². The van der Waals surface area contributed by atoms with Crippen molar-refractivity contribution in [3.8, 4) is 11.1 Å². The highest BCUT2D eigenvalue weighted by Crippen LogP contribution is 2.32. The maximum Gasteiger partial charge on any atom is 0.413 e. The molecule has 0 fully saturated rings. The molecule has 2 aromatic rings. The summed E-state index contributed by atoms with van der Waals surface area (Å²) in [5, 5.41) is 18.2. The molecule has 1 amide bonds. The van der Waals surface area contributed by atoms with Crippen LogP contribution < -0.4 is 5.32 Å². The number of aryl methyl sites for hydroxylation is 1. The molecule has 0 atom stereocenters. The Bertz CT molecular complexity index is 742. The third kappa shape index (κ3) is 4.27. The van der Waals surface area contributed by atoms with Gasteiger partial charge in [0.15, 0.2) is 5.82 Å². The molecule has 1 N–H and O–H groups in total. The smallest absolute Gasteiger partial charge is 0.413 e. The second kappa shape index (κ2) is 6.75. The fourth-order valence-corrected chi connectivity index (χ4v) is 2.46. The number of hydrogen-bond donors (Lipinski definition) is 1. The number of carbonyl (C=O) groups excluding carboxylic acids is 1. The molecule has 23 heavy (non-hydrogen) atoms. The number of rotatable bonds is 3. The van der Waals surface area contributed by atoms with Crippen LogP contribution in [0.1, 0.15) is 26.5 Å². The van der Waals surface area contributed by atoms with Gasteiger partial charge in [0, 0.05) is 0 Å². The number of thiocyanates is 1. The van der Waals surface area contributed by atoms with E-state index in [2.05, 4.69) is 10.4 Å². The second-order valence-electron chi connectivity index (χ2n) is 5.83. The average Bonchev–Trinajstić information content (AvgIpc) is 2.76. The Labute approximate surface area is 139 Å². The van der Waals surface area contributed by atoms with Crippen LogP contribution in [0.3, 0.4) is 0 Å². The number of nitrogens with zero attached hydrogens (tertiary/aromatic N) is 3. The fourth-order valence-electron chi connectivity index (χ4n) is 1.95. The largest absolute Gasteiger partial charge is 0.444 e. The van der Waals surface area contributed by atoms with Crippen molar-refractivity contribution in [3.05, 3.63) is 36.0 Å². The van der Waals surface area contributed by atoms with E-state index >= 15 is 0 Å². The van der Waals surface area contributed by atoms with Gasteiger partial charge in [0.05, 0.1) is 16.3 Å². The lowest BCUT2D eigenvalue weighted by molar-refractivity contribution is 0.0634. The molecule has 0 radical (unpaired) electrons. The maximum atomic E-state index is 12.1. The molecule has 120 valence electrons. The van der Waals surface area contributed by atoms with Crippen LogP contribution in [0.2, 0.25) is 0 Å². The van der Waals surface area contributed by atoms with Gasteiger partial charge in [-0.1, -0.05) is 18.2 Å².